The van der Waals surface area contributed by atoms with Crippen LogP contribution < -0.4 is 0 Å². The maximum atomic E-state index is 12.3. The zero-order chi connectivity index (χ0) is 15.0. The van der Waals surface area contributed by atoms with E-state index in [4.69, 9.17) is 4.74 Å². The predicted molar refractivity (Wildman–Crippen MR) is 71.9 cm³/mol. The van der Waals surface area contributed by atoms with Crippen LogP contribution in [0.2, 0.25) is 0 Å². The topological polar surface area (TPSA) is 32.8 Å². The second kappa shape index (κ2) is 5.47. The summed E-state index contributed by atoms with van der Waals surface area (Å²) in [5.41, 5.74) is -0.337. The van der Waals surface area contributed by atoms with Crippen molar-refractivity contribution in [2.24, 2.45) is 5.41 Å². The second-order valence-electron chi connectivity index (χ2n) is 7.03. The first-order valence-electron chi connectivity index (χ1n) is 7.18. The molecule has 0 aromatic rings. The molecule has 0 aromatic carbocycles. The lowest BCUT2D eigenvalue weighted by molar-refractivity contribution is -0.0637. The third-order valence-corrected chi connectivity index (χ3v) is 4.02. The summed E-state index contributed by atoms with van der Waals surface area (Å²) in [7, 11) is 0. The molecule has 4 nitrogen and oxygen atoms in total. The smallest absolute Gasteiger partial charge is 0.410 e. The van der Waals surface area contributed by atoms with Gasteiger partial charge in [-0.25, -0.2) is 13.6 Å². The molecule has 0 saturated carbocycles. The van der Waals surface area contributed by atoms with E-state index in [1.807, 2.05) is 25.7 Å². The third kappa shape index (κ3) is 3.81. The molecule has 1 spiro atoms. The number of nitrogens with zero attached hydrogens (tertiary/aromatic N) is 2. The minimum absolute atomic E-state index is 0.133. The van der Waals surface area contributed by atoms with Gasteiger partial charge in [0, 0.05) is 18.5 Å². The maximum Gasteiger partial charge on any atom is 0.410 e. The highest BCUT2D eigenvalue weighted by molar-refractivity contribution is 5.69. The Balaban J connectivity index is 1.75. The first-order valence-corrected chi connectivity index (χ1v) is 7.18. The van der Waals surface area contributed by atoms with Gasteiger partial charge in [-0.2, -0.15) is 0 Å². The monoisotopic (exact) mass is 290 g/mol. The molecule has 0 bridgehead atoms. The maximum absolute atomic E-state index is 12.3. The Hall–Kier alpha value is -0.910. The number of halogens is 2. The Morgan fingerprint density at radius 1 is 1.25 bits per heavy atom. The number of carbonyl (C=O) groups is 1. The van der Waals surface area contributed by atoms with Crippen LogP contribution in [-0.4, -0.2) is 60.6 Å². The minimum Gasteiger partial charge on any atom is -0.444 e. The van der Waals surface area contributed by atoms with E-state index in [9.17, 15) is 13.6 Å². The molecule has 2 fully saturated rings. The van der Waals surface area contributed by atoms with E-state index in [-0.39, 0.29) is 18.1 Å². The normalized spacial score (nSPS) is 23.0. The van der Waals surface area contributed by atoms with Gasteiger partial charge in [0.05, 0.1) is 6.54 Å². The summed E-state index contributed by atoms with van der Waals surface area (Å²) in [5, 5.41) is 0. The fourth-order valence-corrected chi connectivity index (χ4v) is 2.94. The highest BCUT2D eigenvalue weighted by Gasteiger charge is 2.47. The van der Waals surface area contributed by atoms with Crippen molar-refractivity contribution in [2.75, 3.05) is 32.7 Å². The quantitative estimate of drug-likeness (QED) is 0.783. The molecular formula is C14H24F2N2O2. The zero-order valence-corrected chi connectivity index (χ0v) is 12.5. The Kier molecular flexibility index (Phi) is 4.23. The van der Waals surface area contributed by atoms with Crippen molar-refractivity contribution >= 4 is 6.09 Å². The minimum atomic E-state index is -2.26. The van der Waals surface area contributed by atoms with Crippen LogP contribution in [0.1, 0.15) is 33.6 Å². The molecule has 2 aliphatic rings. The summed E-state index contributed by atoms with van der Waals surface area (Å²) < 4.78 is 30.0. The number of likely N-dealkylation sites (tertiary alicyclic amines) is 2. The first kappa shape index (κ1) is 15.5. The van der Waals surface area contributed by atoms with Crippen LogP contribution in [-0.2, 0) is 4.74 Å². The average Bonchev–Trinajstić information content (AvgIpc) is 2.24. The fraction of sp³-hybridized carbons (Fsp3) is 0.929. The van der Waals surface area contributed by atoms with E-state index in [2.05, 4.69) is 0 Å². The summed E-state index contributed by atoms with van der Waals surface area (Å²) in [6.45, 7) is 8.22. The second-order valence-corrected chi connectivity index (χ2v) is 7.03. The van der Waals surface area contributed by atoms with Crippen molar-refractivity contribution in [2.45, 2.75) is 45.6 Å². The van der Waals surface area contributed by atoms with Gasteiger partial charge in [-0.3, -0.25) is 4.90 Å². The number of ether oxygens (including phenoxy) is 1. The van der Waals surface area contributed by atoms with Crippen LogP contribution in [0, 0.1) is 5.41 Å². The number of rotatable bonds is 2. The van der Waals surface area contributed by atoms with Gasteiger partial charge >= 0.3 is 6.09 Å². The molecule has 6 heteroatoms. The lowest BCUT2D eigenvalue weighted by Crippen LogP contribution is -2.62. The lowest BCUT2D eigenvalue weighted by Gasteiger charge is -2.53. The number of hydrogen-bond acceptors (Lipinski definition) is 3. The molecule has 0 aliphatic carbocycles. The van der Waals surface area contributed by atoms with Crippen LogP contribution in [0.3, 0.4) is 0 Å². The van der Waals surface area contributed by atoms with E-state index in [1.165, 1.54) is 0 Å². The van der Waals surface area contributed by atoms with Gasteiger partial charge in [0.25, 0.3) is 6.43 Å². The Labute approximate surface area is 119 Å². The summed E-state index contributed by atoms with van der Waals surface area (Å²) in [6, 6.07) is 0. The van der Waals surface area contributed by atoms with E-state index in [1.54, 1.807) is 4.90 Å². The van der Waals surface area contributed by atoms with Crippen LogP contribution in [0.25, 0.3) is 0 Å². The Bertz CT molecular complexity index is 353. The van der Waals surface area contributed by atoms with Crippen molar-refractivity contribution in [1.82, 2.24) is 9.80 Å². The molecule has 116 valence electrons. The average molecular weight is 290 g/mol. The highest BCUT2D eigenvalue weighted by atomic mass is 19.3. The molecule has 0 unspecified atom stereocenters. The summed E-state index contributed by atoms with van der Waals surface area (Å²) >= 11 is 0. The number of amides is 1. The van der Waals surface area contributed by atoms with E-state index in [0.29, 0.717) is 26.2 Å². The van der Waals surface area contributed by atoms with Crippen LogP contribution >= 0.6 is 0 Å². The molecule has 20 heavy (non-hydrogen) atoms. The zero-order valence-electron chi connectivity index (χ0n) is 12.5. The van der Waals surface area contributed by atoms with Gasteiger partial charge in [-0.05, 0) is 46.7 Å². The Morgan fingerprint density at radius 3 is 2.25 bits per heavy atom. The van der Waals surface area contributed by atoms with Crippen molar-refractivity contribution in [3.63, 3.8) is 0 Å². The summed E-state index contributed by atoms with van der Waals surface area (Å²) in [4.78, 5) is 15.4. The van der Waals surface area contributed by atoms with E-state index in [0.717, 1.165) is 12.8 Å². The fourth-order valence-electron chi connectivity index (χ4n) is 2.94. The largest absolute Gasteiger partial charge is 0.444 e. The number of carbonyl (C=O) groups excluding carboxylic acids is 1. The van der Waals surface area contributed by atoms with Crippen molar-refractivity contribution in [3.8, 4) is 0 Å². The molecular weight excluding hydrogens is 266 g/mol. The molecule has 2 aliphatic heterocycles. The first-order chi connectivity index (χ1) is 9.19. The molecule has 1 amide bonds. The van der Waals surface area contributed by atoms with E-state index < -0.39 is 12.0 Å². The Morgan fingerprint density at radius 2 is 1.80 bits per heavy atom. The molecule has 0 N–H and O–H groups in total. The molecule has 2 rings (SSSR count). The summed E-state index contributed by atoms with van der Waals surface area (Å²) in [6.07, 6.45) is -0.750. The third-order valence-electron chi connectivity index (χ3n) is 4.02. The molecule has 2 saturated heterocycles. The SMILES string of the molecule is CC(C)(C)OC(=O)N1CC2(CCN(CC(F)F)CC2)C1. The lowest BCUT2D eigenvalue weighted by atomic mass is 9.72. The molecule has 2 heterocycles. The van der Waals surface area contributed by atoms with Crippen LogP contribution in [0.5, 0.6) is 0 Å². The van der Waals surface area contributed by atoms with Gasteiger partial charge in [0.15, 0.2) is 0 Å². The van der Waals surface area contributed by atoms with Gasteiger partial charge in [0.1, 0.15) is 5.60 Å². The summed E-state index contributed by atoms with van der Waals surface area (Å²) in [5.74, 6) is 0. The predicted octanol–water partition coefficient (Wildman–Crippen LogP) is 2.58. The van der Waals surface area contributed by atoms with Crippen molar-refractivity contribution in [1.29, 1.82) is 0 Å². The van der Waals surface area contributed by atoms with Gasteiger partial charge in [-0.1, -0.05) is 0 Å². The number of piperidine rings is 1. The number of alkyl halides is 2. The van der Waals surface area contributed by atoms with Gasteiger partial charge < -0.3 is 9.64 Å². The van der Waals surface area contributed by atoms with E-state index >= 15 is 0 Å². The van der Waals surface area contributed by atoms with Crippen LogP contribution in [0.4, 0.5) is 13.6 Å². The van der Waals surface area contributed by atoms with Crippen molar-refractivity contribution in [3.05, 3.63) is 0 Å². The molecule has 0 aromatic heterocycles. The molecule has 0 radical (unpaired) electrons. The van der Waals surface area contributed by atoms with Crippen LogP contribution in [0.15, 0.2) is 0 Å². The highest BCUT2D eigenvalue weighted by Crippen LogP contribution is 2.41. The van der Waals surface area contributed by atoms with Gasteiger partial charge in [0.2, 0.25) is 0 Å². The van der Waals surface area contributed by atoms with Crippen molar-refractivity contribution < 1.29 is 18.3 Å². The number of hydrogen-bond donors (Lipinski definition) is 0. The molecule has 0 atom stereocenters. The standard InChI is InChI=1S/C14H24F2N2O2/c1-13(2,3)20-12(19)18-9-14(10-18)4-6-17(7-5-14)8-11(15)16/h11H,4-10H2,1-3H3. The van der Waals surface area contributed by atoms with Gasteiger partial charge in [-0.15, -0.1) is 0 Å².